The number of aliphatic hydroxyl groups excluding tert-OH is 1. The monoisotopic (exact) mass is 287 g/mol. The third kappa shape index (κ3) is 2.55. The number of nitro groups is 1. The van der Waals surface area contributed by atoms with Gasteiger partial charge >= 0.3 is 0 Å². The second kappa shape index (κ2) is 5.31. The number of aromatic amines is 1. The van der Waals surface area contributed by atoms with Crippen molar-refractivity contribution < 1.29 is 10.0 Å². The zero-order valence-corrected chi connectivity index (χ0v) is 11.7. The summed E-state index contributed by atoms with van der Waals surface area (Å²) in [6.45, 7) is 3.23. The molecule has 0 amide bonds. The number of benzene rings is 1. The van der Waals surface area contributed by atoms with Gasteiger partial charge in [0.15, 0.2) is 0 Å². The van der Waals surface area contributed by atoms with Gasteiger partial charge in [-0.15, -0.1) is 0 Å². The van der Waals surface area contributed by atoms with Crippen LogP contribution in [0.4, 0.5) is 5.69 Å². The molecule has 2 heterocycles. The van der Waals surface area contributed by atoms with Crippen molar-refractivity contribution in [2.24, 2.45) is 0 Å². The highest BCUT2D eigenvalue weighted by atomic mass is 16.6. The van der Waals surface area contributed by atoms with E-state index < -0.39 is 6.23 Å². The largest absolute Gasteiger partial charge is 0.379 e. The van der Waals surface area contributed by atoms with Gasteiger partial charge in [0.05, 0.1) is 4.92 Å². The number of non-ortho nitro benzene ring substituents is 1. The molecule has 110 valence electrons. The van der Waals surface area contributed by atoms with Crippen LogP contribution in [0.25, 0.3) is 16.5 Å². The van der Waals surface area contributed by atoms with E-state index in [1.165, 1.54) is 11.6 Å². The summed E-state index contributed by atoms with van der Waals surface area (Å²) in [4.78, 5) is 15.7. The molecule has 1 aromatic heterocycles. The first-order valence-corrected chi connectivity index (χ1v) is 6.93. The fourth-order valence-electron chi connectivity index (χ4n) is 2.76. The van der Waals surface area contributed by atoms with E-state index in [0.29, 0.717) is 6.54 Å². The maximum atomic E-state index is 10.9. The molecule has 6 nitrogen and oxygen atoms in total. The Hall–Kier alpha value is -2.18. The minimum atomic E-state index is -0.452. The van der Waals surface area contributed by atoms with Gasteiger partial charge in [0.25, 0.3) is 5.69 Å². The topological polar surface area (TPSA) is 82.4 Å². The molecule has 0 spiro atoms. The van der Waals surface area contributed by atoms with Crippen molar-refractivity contribution in [3.63, 3.8) is 0 Å². The highest BCUT2D eigenvalue weighted by molar-refractivity contribution is 5.94. The summed E-state index contributed by atoms with van der Waals surface area (Å²) in [5.74, 6) is 0. The van der Waals surface area contributed by atoms with Crippen LogP contribution in [0.5, 0.6) is 0 Å². The van der Waals surface area contributed by atoms with Gasteiger partial charge in [0.1, 0.15) is 6.23 Å². The lowest BCUT2D eigenvalue weighted by Crippen LogP contribution is -2.36. The van der Waals surface area contributed by atoms with Crippen LogP contribution in [0.2, 0.25) is 0 Å². The summed E-state index contributed by atoms with van der Waals surface area (Å²) < 4.78 is 0. The Labute approximate surface area is 121 Å². The number of aliphatic hydroxyl groups is 1. The lowest BCUT2D eigenvalue weighted by molar-refractivity contribution is -0.384. The summed E-state index contributed by atoms with van der Waals surface area (Å²) in [5.41, 5.74) is 3.18. The predicted molar refractivity (Wildman–Crippen MR) is 80.8 cm³/mol. The summed E-state index contributed by atoms with van der Waals surface area (Å²) in [6, 6.07) is 4.86. The molecule has 6 heteroatoms. The summed E-state index contributed by atoms with van der Waals surface area (Å²) in [6.07, 6.45) is 4.35. The Balaban J connectivity index is 1.97. The van der Waals surface area contributed by atoms with Crippen LogP contribution in [0, 0.1) is 10.1 Å². The number of rotatable bonds is 3. The van der Waals surface area contributed by atoms with E-state index in [4.69, 9.17) is 0 Å². The molecule has 0 radical (unpaired) electrons. The molecule has 1 aromatic carbocycles. The summed E-state index contributed by atoms with van der Waals surface area (Å²) >= 11 is 0. The van der Waals surface area contributed by atoms with E-state index in [0.717, 1.165) is 29.4 Å². The molecule has 1 aliphatic rings. The molecular formula is C15H17N3O3. The van der Waals surface area contributed by atoms with Crippen LogP contribution >= 0.6 is 0 Å². The molecule has 1 unspecified atom stereocenters. The molecule has 1 atom stereocenters. The fourth-order valence-corrected chi connectivity index (χ4v) is 2.76. The van der Waals surface area contributed by atoms with Gasteiger partial charge in [-0.25, -0.2) is 0 Å². The van der Waals surface area contributed by atoms with Crippen molar-refractivity contribution in [3.05, 3.63) is 46.1 Å². The Morgan fingerprint density at radius 3 is 2.90 bits per heavy atom. The molecule has 0 fully saturated rings. The van der Waals surface area contributed by atoms with E-state index in [1.807, 2.05) is 11.1 Å². The second-order valence-corrected chi connectivity index (χ2v) is 5.30. The van der Waals surface area contributed by atoms with Crippen molar-refractivity contribution in [1.82, 2.24) is 9.88 Å². The van der Waals surface area contributed by atoms with Gasteiger partial charge in [-0.3, -0.25) is 15.0 Å². The highest BCUT2D eigenvalue weighted by Crippen LogP contribution is 2.31. The summed E-state index contributed by atoms with van der Waals surface area (Å²) in [7, 11) is 0. The van der Waals surface area contributed by atoms with Gasteiger partial charge in [-0.05, 0) is 25.0 Å². The van der Waals surface area contributed by atoms with Crippen LogP contribution in [0.15, 0.2) is 30.5 Å². The first-order chi connectivity index (χ1) is 10.1. The predicted octanol–water partition coefficient (Wildman–Crippen LogP) is 2.50. The number of fused-ring (bicyclic) bond motifs is 1. The molecular weight excluding hydrogens is 270 g/mol. The van der Waals surface area contributed by atoms with E-state index >= 15 is 0 Å². The van der Waals surface area contributed by atoms with E-state index in [1.54, 1.807) is 19.1 Å². The van der Waals surface area contributed by atoms with E-state index in [9.17, 15) is 15.2 Å². The number of nitrogens with zero attached hydrogens (tertiary/aromatic N) is 2. The Kier molecular flexibility index (Phi) is 3.48. The zero-order chi connectivity index (χ0) is 15.0. The average molecular weight is 287 g/mol. The number of hydrogen-bond acceptors (Lipinski definition) is 4. The molecule has 3 rings (SSSR count). The molecule has 0 saturated carbocycles. The van der Waals surface area contributed by atoms with E-state index in [-0.39, 0.29) is 10.6 Å². The standard InChI is InChI=1S/C15H17N3O3/c1-10(19)17-6-4-11(5-7-17)14-9-16-15-3-2-12(18(20)21)8-13(14)15/h2-4,8-10,16,19H,5-7H2,1H3. The molecule has 0 bridgehead atoms. The molecule has 1 aliphatic heterocycles. The summed E-state index contributed by atoms with van der Waals surface area (Å²) in [5, 5.41) is 21.4. The van der Waals surface area contributed by atoms with Crippen LogP contribution in [0.1, 0.15) is 18.9 Å². The fraction of sp³-hybridized carbons (Fsp3) is 0.333. The van der Waals surface area contributed by atoms with Crippen molar-refractivity contribution in [2.45, 2.75) is 19.6 Å². The van der Waals surface area contributed by atoms with Gasteiger partial charge in [-0.1, -0.05) is 6.08 Å². The smallest absolute Gasteiger partial charge is 0.270 e. The van der Waals surface area contributed by atoms with Gasteiger partial charge in [-0.2, -0.15) is 0 Å². The molecule has 2 aromatic rings. The number of hydrogen-bond donors (Lipinski definition) is 2. The number of H-pyrrole nitrogens is 1. The van der Waals surface area contributed by atoms with Crippen molar-refractivity contribution in [3.8, 4) is 0 Å². The highest BCUT2D eigenvalue weighted by Gasteiger charge is 2.19. The number of aromatic nitrogens is 1. The SMILES string of the molecule is CC(O)N1CC=C(c2c[nH]c3ccc([N+](=O)[O-])cc23)CC1. The third-order valence-electron chi connectivity index (χ3n) is 3.99. The van der Waals surface area contributed by atoms with Crippen LogP contribution in [0.3, 0.4) is 0 Å². The molecule has 0 saturated heterocycles. The third-order valence-corrected chi connectivity index (χ3v) is 3.99. The van der Waals surface area contributed by atoms with Crippen LogP contribution in [-0.2, 0) is 0 Å². The molecule has 2 N–H and O–H groups in total. The lowest BCUT2D eigenvalue weighted by atomic mass is 9.98. The van der Waals surface area contributed by atoms with Gasteiger partial charge < -0.3 is 10.1 Å². The zero-order valence-electron chi connectivity index (χ0n) is 11.7. The maximum absolute atomic E-state index is 10.9. The Bertz CT molecular complexity index is 718. The molecule has 0 aliphatic carbocycles. The number of nitrogens with one attached hydrogen (secondary N) is 1. The average Bonchev–Trinajstić information content (AvgIpc) is 2.90. The first-order valence-electron chi connectivity index (χ1n) is 6.93. The minimum Gasteiger partial charge on any atom is -0.379 e. The number of nitro benzene ring substituents is 1. The van der Waals surface area contributed by atoms with Gasteiger partial charge in [0, 0.05) is 47.9 Å². The van der Waals surface area contributed by atoms with E-state index in [2.05, 4.69) is 11.1 Å². The van der Waals surface area contributed by atoms with Crippen LogP contribution < -0.4 is 0 Å². The second-order valence-electron chi connectivity index (χ2n) is 5.30. The Morgan fingerprint density at radius 2 is 2.29 bits per heavy atom. The first kappa shape index (κ1) is 13.8. The molecule has 21 heavy (non-hydrogen) atoms. The quantitative estimate of drug-likeness (QED) is 0.671. The van der Waals surface area contributed by atoms with Crippen molar-refractivity contribution in [2.75, 3.05) is 13.1 Å². The van der Waals surface area contributed by atoms with Gasteiger partial charge in [0.2, 0.25) is 0 Å². The van der Waals surface area contributed by atoms with Crippen LogP contribution in [-0.4, -0.2) is 39.2 Å². The lowest BCUT2D eigenvalue weighted by Gasteiger charge is -2.28. The van der Waals surface area contributed by atoms with Crippen molar-refractivity contribution in [1.29, 1.82) is 0 Å². The maximum Gasteiger partial charge on any atom is 0.270 e. The van der Waals surface area contributed by atoms with Crippen molar-refractivity contribution >= 4 is 22.2 Å². The normalized spacial score (nSPS) is 17.7. The Morgan fingerprint density at radius 1 is 1.48 bits per heavy atom. The minimum absolute atomic E-state index is 0.102.